The molecule has 3 nitrogen and oxygen atoms in total. The molecule has 104 valence electrons. The summed E-state index contributed by atoms with van der Waals surface area (Å²) in [6, 6.07) is 17.3. The number of allylic oxidation sites excluding steroid dienone is 1. The number of carbonyl (C=O) groups is 1. The summed E-state index contributed by atoms with van der Waals surface area (Å²) >= 11 is 0. The first-order chi connectivity index (χ1) is 10.3. The molecule has 0 saturated carbocycles. The van der Waals surface area contributed by atoms with E-state index in [9.17, 15) is 4.79 Å². The van der Waals surface area contributed by atoms with E-state index in [0.29, 0.717) is 0 Å². The van der Waals surface area contributed by atoms with Crippen molar-refractivity contribution in [3.8, 4) is 5.75 Å². The summed E-state index contributed by atoms with van der Waals surface area (Å²) in [5.41, 5.74) is 1.88. The highest BCUT2D eigenvalue weighted by Crippen LogP contribution is 2.21. The van der Waals surface area contributed by atoms with Crippen molar-refractivity contribution in [1.82, 2.24) is 4.57 Å². The highest BCUT2D eigenvalue weighted by molar-refractivity contribution is 6.00. The second kappa shape index (κ2) is 5.67. The first kappa shape index (κ1) is 13.2. The average molecular weight is 277 g/mol. The Morgan fingerprint density at radius 3 is 2.67 bits per heavy atom. The summed E-state index contributed by atoms with van der Waals surface area (Å²) in [5, 5.41) is 0.982. The smallest absolute Gasteiger partial charge is 0.255 e. The Labute approximate surface area is 123 Å². The number of fused-ring (bicyclic) bond motifs is 1. The van der Waals surface area contributed by atoms with Gasteiger partial charge in [0.25, 0.3) is 5.91 Å². The molecule has 2 aromatic carbocycles. The van der Waals surface area contributed by atoms with E-state index in [0.717, 1.165) is 22.2 Å². The highest BCUT2D eigenvalue weighted by atomic mass is 16.5. The molecule has 1 heterocycles. The first-order valence-electron chi connectivity index (χ1n) is 6.70. The Balaban J connectivity index is 1.90. The van der Waals surface area contributed by atoms with Crippen molar-refractivity contribution in [2.45, 2.75) is 0 Å². The summed E-state index contributed by atoms with van der Waals surface area (Å²) in [6.07, 6.45) is 5.18. The van der Waals surface area contributed by atoms with Gasteiger partial charge in [-0.25, -0.2) is 0 Å². The molecule has 3 rings (SSSR count). The average Bonchev–Trinajstić information content (AvgIpc) is 2.96. The van der Waals surface area contributed by atoms with Crippen molar-refractivity contribution in [1.29, 1.82) is 0 Å². The van der Waals surface area contributed by atoms with Crippen LogP contribution < -0.4 is 4.74 Å². The topological polar surface area (TPSA) is 31.2 Å². The quantitative estimate of drug-likeness (QED) is 0.677. The molecule has 0 spiro atoms. The van der Waals surface area contributed by atoms with Gasteiger partial charge in [0, 0.05) is 17.7 Å². The van der Waals surface area contributed by atoms with Gasteiger partial charge in [-0.2, -0.15) is 0 Å². The van der Waals surface area contributed by atoms with Crippen molar-refractivity contribution in [3.63, 3.8) is 0 Å². The van der Waals surface area contributed by atoms with Crippen LogP contribution in [0.3, 0.4) is 0 Å². The van der Waals surface area contributed by atoms with Crippen molar-refractivity contribution < 1.29 is 9.53 Å². The summed E-state index contributed by atoms with van der Waals surface area (Å²) < 4.78 is 6.82. The van der Waals surface area contributed by atoms with Crippen LogP contribution in [0.15, 0.2) is 66.9 Å². The standard InChI is InChI=1S/C18H15NO2/c1-21-16-8-9-17-15(13-16)11-12-19(17)18(20)10-7-14-5-3-2-4-6-14/h2-13H,1H3/b10-7+. The number of methoxy groups -OCH3 is 1. The number of nitrogens with zero attached hydrogens (tertiary/aromatic N) is 1. The Hall–Kier alpha value is -2.81. The Morgan fingerprint density at radius 2 is 1.90 bits per heavy atom. The van der Waals surface area contributed by atoms with E-state index in [1.54, 1.807) is 23.9 Å². The molecule has 0 N–H and O–H groups in total. The van der Waals surface area contributed by atoms with Gasteiger partial charge in [0.15, 0.2) is 0 Å². The normalized spacial score (nSPS) is 11.1. The molecule has 0 fully saturated rings. The van der Waals surface area contributed by atoms with Crippen molar-refractivity contribution in [3.05, 3.63) is 72.4 Å². The summed E-state index contributed by atoms with van der Waals surface area (Å²) in [7, 11) is 1.63. The van der Waals surface area contributed by atoms with E-state index in [4.69, 9.17) is 4.74 Å². The molecule has 0 aliphatic carbocycles. The zero-order valence-corrected chi connectivity index (χ0v) is 11.7. The van der Waals surface area contributed by atoms with E-state index >= 15 is 0 Å². The lowest BCUT2D eigenvalue weighted by molar-refractivity contribution is 0.0975. The van der Waals surface area contributed by atoms with Crippen molar-refractivity contribution in [2.75, 3.05) is 7.11 Å². The van der Waals surface area contributed by atoms with Gasteiger partial charge in [-0.15, -0.1) is 0 Å². The lowest BCUT2D eigenvalue weighted by Crippen LogP contribution is -2.04. The van der Waals surface area contributed by atoms with E-state index in [2.05, 4.69) is 0 Å². The first-order valence-corrected chi connectivity index (χ1v) is 6.70. The van der Waals surface area contributed by atoms with Crippen LogP contribution in [0.2, 0.25) is 0 Å². The molecular weight excluding hydrogens is 262 g/mol. The van der Waals surface area contributed by atoms with Crippen LogP contribution in [0.5, 0.6) is 5.75 Å². The number of hydrogen-bond acceptors (Lipinski definition) is 2. The van der Waals surface area contributed by atoms with Gasteiger partial charge >= 0.3 is 0 Å². The Bertz CT molecular complexity index is 800. The predicted molar refractivity (Wildman–Crippen MR) is 84.6 cm³/mol. The maximum Gasteiger partial charge on any atom is 0.255 e. The van der Waals surface area contributed by atoms with Crippen LogP contribution in [-0.4, -0.2) is 17.6 Å². The lowest BCUT2D eigenvalue weighted by atomic mass is 10.2. The van der Waals surface area contributed by atoms with E-state index < -0.39 is 0 Å². The third-order valence-electron chi connectivity index (χ3n) is 3.35. The lowest BCUT2D eigenvalue weighted by Gasteiger charge is -2.02. The van der Waals surface area contributed by atoms with E-state index in [1.807, 2.05) is 60.7 Å². The van der Waals surface area contributed by atoms with Crippen molar-refractivity contribution >= 4 is 22.9 Å². The molecule has 21 heavy (non-hydrogen) atoms. The van der Waals surface area contributed by atoms with Gasteiger partial charge in [-0.3, -0.25) is 9.36 Å². The number of carbonyl (C=O) groups excluding carboxylic acids is 1. The molecule has 0 aliphatic rings. The summed E-state index contributed by atoms with van der Waals surface area (Å²) in [5.74, 6) is 0.714. The molecule has 0 radical (unpaired) electrons. The summed E-state index contributed by atoms with van der Waals surface area (Å²) in [6.45, 7) is 0. The van der Waals surface area contributed by atoms with Crippen LogP contribution >= 0.6 is 0 Å². The number of benzene rings is 2. The zero-order chi connectivity index (χ0) is 14.7. The number of ether oxygens (including phenoxy) is 1. The van der Waals surface area contributed by atoms with Gasteiger partial charge in [0.05, 0.1) is 12.6 Å². The minimum atomic E-state index is -0.0704. The second-order valence-corrected chi connectivity index (χ2v) is 4.69. The number of hydrogen-bond donors (Lipinski definition) is 0. The zero-order valence-electron chi connectivity index (χ0n) is 11.7. The molecule has 0 saturated heterocycles. The molecule has 0 bridgehead atoms. The molecule has 3 aromatic rings. The van der Waals surface area contributed by atoms with E-state index in [1.165, 1.54) is 0 Å². The largest absolute Gasteiger partial charge is 0.497 e. The SMILES string of the molecule is COc1ccc2c(ccn2C(=O)/C=C/c2ccccc2)c1. The third-order valence-corrected chi connectivity index (χ3v) is 3.35. The fraction of sp³-hybridized carbons (Fsp3) is 0.0556. The molecule has 0 unspecified atom stereocenters. The third kappa shape index (κ3) is 2.72. The van der Waals surface area contributed by atoms with Gasteiger partial charge in [-0.1, -0.05) is 30.3 Å². The molecular formula is C18H15NO2. The van der Waals surface area contributed by atoms with Crippen LogP contribution in [-0.2, 0) is 0 Å². The van der Waals surface area contributed by atoms with Gasteiger partial charge in [0.2, 0.25) is 0 Å². The molecule has 0 atom stereocenters. The molecule has 1 aromatic heterocycles. The van der Waals surface area contributed by atoms with Gasteiger partial charge < -0.3 is 4.74 Å². The van der Waals surface area contributed by atoms with Crippen LogP contribution in [0, 0.1) is 0 Å². The van der Waals surface area contributed by atoms with Crippen molar-refractivity contribution in [2.24, 2.45) is 0 Å². The highest BCUT2D eigenvalue weighted by Gasteiger charge is 2.06. The van der Waals surface area contributed by atoms with Crippen LogP contribution in [0.25, 0.3) is 17.0 Å². The summed E-state index contributed by atoms with van der Waals surface area (Å²) in [4.78, 5) is 12.3. The second-order valence-electron chi connectivity index (χ2n) is 4.69. The van der Waals surface area contributed by atoms with Gasteiger partial charge in [0.1, 0.15) is 5.75 Å². The van der Waals surface area contributed by atoms with Crippen LogP contribution in [0.1, 0.15) is 10.4 Å². The van der Waals surface area contributed by atoms with Crippen LogP contribution in [0.4, 0.5) is 0 Å². The Kier molecular flexibility index (Phi) is 3.56. The maximum atomic E-state index is 12.3. The minimum Gasteiger partial charge on any atom is -0.497 e. The number of aromatic nitrogens is 1. The maximum absolute atomic E-state index is 12.3. The monoisotopic (exact) mass is 277 g/mol. The number of rotatable bonds is 3. The van der Waals surface area contributed by atoms with Gasteiger partial charge in [-0.05, 0) is 35.9 Å². The predicted octanol–water partition coefficient (Wildman–Crippen LogP) is 4.00. The minimum absolute atomic E-state index is 0.0704. The van der Waals surface area contributed by atoms with E-state index in [-0.39, 0.29) is 5.91 Å². The fourth-order valence-electron chi connectivity index (χ4n) is 2.25. The molecule has 3 heteroatoms. The Morgan fingerprint density at radius 1 is 1.10 bits per heavy atom. The fourth-order valence-corrected chi connectivity index (χ4v) is 2.25. The molecule has 0 aliphatic heterocycles. The molecule has 0 amide bonds.